The first kappa shape index (κ1) is 16.6. The van der Waals surface area contributed by atoms with Crippen molar-refractivity contribution in [1.82, 2.24) is 0 Å². The maximum Gasteiger partial charge on any atom is 0.335 e. The third kappa shape index (κ3) is 3.92. The van der Waals surface area contributed by atoms with Crippen LogP contribution in [0.15, 0.2) is 36.4 Å². The fourth-order valence-corrected chi connectivity index (χ4v) is 2.05. The summed E-state index contributed by atoms with van der Waals surface area (Å²) in [6.45, 7) is 0. The van der Waals surface area contributed by atoms with Gasteiger partial charge < -0.3 is 19.9 Å². The minimum absolute atomic E-state index is 0.0212. The molecule has 7 heteroatoms. The largest absolute Gasteiger partial charge is 0.497 e. The van der Waals surface area contributed by atoms with E-state index in [0.29, 0.717) is 11.5 Å². The van der Waals surface area contributed by atoms with Crippen LogP contribution in [0.1, 0.15) is 20.7 Å². The highest BCUT2D eigenvalue weighted by atomic mass is 35.5. The molecule has 120 valence electrons. The normalized spacial score (nSPS) is 10.0. The van der Waals surface area contributed by atoms with E-state index in [4.69, 9.17) is 26.2 Å². The Morgan fingerprint density at radius 1 is 1.00 bits per heavy atom. The standard InChI is InChI=1S/C16H14ClNO5/c1-22-11-5-10(6-12(8-11)23-2)15(19)18-14-7-9(16(20)21)3-4-13(14)17/h3-8H,1-2H3,(H,18,19)(H,20,21). The lowest BCUT2D eigenvalue weighted by molar-refractivity contribution is 0.0696. The van der Waals surface area contributed by atoms with E-state index < -0.39 is 11.9 Å². The zero-order valence-corrected chi connectivity index (χ0v) is 13.2. The molecule has 6 nitrogen and oxygen atoms in total. The molecule has 0 saturated heterocycles. The number of rotatable bonds is 5. The monoisotopic (exact) mass is 335 g/mol. The van der Waals surface area contributed by atoms with Gasteiger partial charge in [0.05, 0.1) is 30.5 Å². The molecule has 0 bridgehead atoms. The minimum Gasteiger partial charge on any atom is -0.497 e. The van der Waals surface area contributed by atoms with Crippen molar-refractivity contribution in [3.8, 4) is 11.5 Å². The summed E-state index contributed by atoms with van der Waals surface area (Å²) >= 11 is 5.99. The molecule has 0 aliphatic heterocycles. The Labute approximate surface area is 137 Å². The van der Waals surface area contributed by atoms with E-state index >= 15 is 0 Å². The van der Waals surface area contributed by atoms with E-state index in [1.807, 2.05) is 0 Å². The number of carboxylic acids is 1. The molecule has 0 atom stereocenters. The molecule has 2 rings (SSSR count). The summed E-state index contributed by atoms with van der Waals surface area (Å²) in [4.78, 5) is 23.4. The summed E-state index contributed by atoms with van der Waals surface area (Å²) in [7, 11) is 2.95. The smallest absolute Gasteiger partial charge is 0.335 e. The quantitative estimate of drug-likeness (QED) is 0.875. The molecule has 0 aromatic heterocycles. The van der Waals surface area contributed by atoms with Crippen molar-refractivity contribution < 1.29 is 24.2 Å². The predicted octanol–water partition coefficient (Wildman–Crippen LogP) is 3.31. The van der Waals surface area contributed by atoms with Gasteiger partial charge in [0.25, 0.3) is 5.91 Å². The number of carboxylic acid groups (broad SMARTS) is 1. The van der Waals surface area contributed by atoms with Crippen molar-refractivity contribution in [3.05, 3.63) is 52.5 Å². The van der Waals surface area contributed by atoms with Crippen molar-refractivity contribution in [2.24, 2.45) is 0 Å². The molecule has 0 unspecified atom stereocenters. The summed E-state index contributed by atoms with van der Waals surface area (Å²) in [5, 5.41) is 11.8. The number of aromatic carboxylic acids is 1. The van der Waals surface area contributed by atoms with E-state index in [9.17, 15) is 9.59 Å². The predicted molar refractivity (Wildman–Crippen MR) is 85.9 cm³/mol. The second kappa shape index (κ2) is 7.02. The molecule has 2 aromatic carbocycles. The van der Waals surface area contributed by atoms with Crippen LogP contribution in [-0.4, -0.2) is 31.2 Å². The van der Waals surface area contributed by atoms with Crippen LogP contribution in [0, 0.1) is 0 Å². The zero-order chi connectivity index (χ0) is 17.0. The molecule has 0 aliphatic carbocycles. The Hall–Kier alpha value is -2.73. The lowest BCUT2D eigenvalue weighted by Crippen LogP contribution is -2.13. The highest BCUT2D eigenvalue weighted by molar-refractivity contribution is 6.34. The molecule has 2 aromatic rings. The first-order valence-corrected chi connectivity index (χ1v) is 6.89. The number of carbonyl (C=O) groups excluding carboxylic acids is 1. The van der Waals surface area contributed by atoms with Gasteiger partial charge in [-0.1, -0.05) is 11.6 Å². The van der Waals surface area contributed by atoms with Crippen LogP contribution in [0.5, 0.6) is 11.5 Å². The van der Waals surface area contributed by atoms with Gasteiger partial charge in [-0.3, -0.25) is 4.79 Å². The molecule has 0 fully saturated rings. The molecule has 0 aliphatic rings. The van der Waals surface area contributed by atoms with Crippen LogP contribution in [0.25, 0.3) is 0 Å². The highest BCUT2D eigenvalue weighted by Gasteiger charge is 2.13. The van der Waals surface area contributed by atoms with Crippen LogP contribution in [0.4, 0.5) is 5.69 Å². The summed E-state index contributed by atoms with van der Waals surface area (Å²) < 4.78 is 10.2. The van der Waals surface area contributed by atoms with Crippen molar-refractivity contribution >= 4 is 29.2 Å². The van der Waals surface area contributed by atoms with Gasteiger partial charge in [-0.05, 0) is 30.3 Å². The van der Waals surface area contributed by atoms with Gasteiger partial charge in [-0.2, -0.15) is 0 Å². The molecule has 23 heavy (non-hydrogen) atoms. The van der Waals surface area contributed by atoms with Crippen LogP contribution in [0.2, 0.25) is 5.02 Å². The number of carbonyl (C=O) groups is 2. The summed E-state index contributed by atoms with van der Waals surface area (Å²) in [5.74, 6) is -0.661. The third-order valence-corrected chi connectivity index (χ3v) is 3.40. The Bertz CT molecular complexity index is 738. The Morgan fingerprint density at radius 2 is 1.61 bits per heavy atom. The van der Waals surface area contributed by atoms with Crippen molar-refractivity contribution in [2.75, 3.05) is 19.5 Å². The molecule has 0 heterocycles. The number of hydrogen-bond donors (Lipinski definition) is 2. The summed E-state index contributed by atoms with van der Waals surface area (Å²) in [5.41, 5.74) is 0.518. The van der Waals surface area contributed by atoms with Crippen molar-refractivity contribution in [2.45, 2.75) is 0 Å². The lowest BCUT2D eigenvalue weighted by atomic mass is 10.1. The topological polar surface area (TPSA) is 84.9 Å². The number of ether oxygens (including phenoxy) is 2. The highest BCUT2D eigenvalue weighted by Crippen LogP contribution is 2.26. The fourth-order valence-electron chi connectivity index (χ4n) is 1.89. The van der Waals surface area contributed by atoms with E-state index in [1.54, 1.807) is 6.07 Å². The van der Waals surface area contributed by atoms with Gasteiger partial charge in [0.15, 0.2) is 0 Å². The molecule has 2 N–H and O–H groups in total. The number of hydrogen-bond acceptors (Lipinski definition) is 4. The molecular weight excluding hydrogens is 322 g/mol. The van der Waals surface area contributed by atoms with Crippen LogP contribution < -0.4 is 14.8 Å². The average Bonchev–Trinajstić information content (AvgIpc) is 2.55. The minimum atomic E-state index is -1.11. The second-order valence-corrected chi connectivity index (χ2v) is 4.96. The molecule has 0 radical (unpaired) electrons. The molecule has 0 spiro atoms. The number of halogens is 1. The first-order chi connectivity index (χ1) is 10.9. The zero-order valence-electron chi connectivity index (χ0n) is 12.4. The van der Waals surface area contributed by atoms with Crippen molar-refractivity contribution in [3.63, 3.8) is 0 Å². The number of amides is 1. The van der Waals surface area contributed by atoms with E-state index in [0.717, 1.165) is 0 Å². The number of anilines is 1. The van der Waals surface area contributed by atoms with E-state index in [-0.39, 0.29) is 21.8 Å². The summed E-state index contributed by atoms with van der Waals surface area (Å²) in [6, 6.07) is 8.76. The first-order valence-electron chi connectivity index (χ1n) is 6.52. The van der Waals surface area contributed by atoms with E-state index in [1.165, 1.54) is 44.6 Å². The van der Waals surface area contributed by atoms with Crippen molar-refractivity contribution in [1.29, 1.82) is 0 Å². The summed E-state index contributed by atoms with van der Waals surface area (Å²) in [6.07, 6.45) is 0. The molecular formula is C16H14ClNO5. The molecule has 1 amide bonds. The van der Waals surface area contributed by atoms with Crippen LogP contribution in [0.3, 0.4) is 0 Å². The Kier molecular flexibility index (Phi) is 5.08. The SMILES string of the molecule is COc1cc(OC)cc(C(=O)Nc2cc(C(=O)O)ccc2Cl)c1. The fraction of sp³-hybridized carbons (Fsp3) is 0.125. The number of benzene rings is 2. The Balaban J connectivity index is 2.32. The van der Waals surface area contributed by atoms with Crippen LogP contribution in [-0.2, 0) is 0 Å². The van der Waals surface area contributed by atoms with Gasteiger partial charge >= 0.3 is 5.97 Å². The van der Waals surface area contributed by atoms with Gasteiger partial charge in [-0.25, -0.2) is 4.79 Å². The molecule has 0 saturated carbocycles. The Morgan fingerprint density at radius 3 is 2.13 bits per heavy atom. The second-order valence-electron chi connectivity index (χ2n) is 4.56. The maximum absolute atomic E-state index is 12.4. The van der Waals surface area contributed by atoms with Crippen LogP contribution >= 0.6 is 11.6 Å². The number of methoxy groups -OCH3 is 2. The van der Waals surface area contributed by atoms with Gasteiger partial charge in [0.1, 0.15) is 11.5 Å². The van der Waals surface area contributed by atoms with Gasteiger partial charge in [0, 0.05) is 11.6 Å². The van der Waals surface area contributed by atoms with Gasteiger partial charge in [0.2, 0.25) is 0 Å². The van der Waals surface area contributed by atoms with Gasteiger partial charge in [-0.15, -0.1) is 0 Å². The average molecular weight is 336 g/mol. The maximum atomic E-state index is 12.4. The number of nitrogens with one attached hydrogen (secondary N) is 1. The van der Waals surface area contributed by atoms with E-state index in [2.05, 4.69) is 5.32 Å². The third-order valence-electron chi connectivity index (χ3n) is 3.08. The lowest BCUT2D eigenvalue weighted by Gasteiger charge is -2.10.